The number of nitrogens with two attached hydrogens (primary N) is 1. The van der Waals surface area contributed by atoms with Gasteiger partial charge in [-0.3, -0.25) is 4.79 Å². The van der Waals surface area contributed by atoms with Crippen molar-refractivity contribution in [1.29, 1.82) is 0 Å². The van der Waals surface area contributed by atoms with E-state index in [1.54, 1.807) is 36.6 Å². The van der Waals surface area contributed by atoms with Gasteiger partial charge in [0.25, 0.3) is 0 Å². The molecule has 0 radical (unpaired) electrons. The molecular formula is C15H18BrClN2O2S. The van der Waals surface area contributed by atoms with Gasteiger partial charge in [-0.15, -0.1) is 23.7 Å². The Kier molecular flexibility index (Phi) is 7.72. The van der Waals surface area contributed by atoms with Crippen molar-refractivity contribution in [3.63, 3.8) is 0 Å². The molecule has 0 atom stereocenters. The number of halogens is 2. The molecule has 2 aromatic rings. The molecule has 1 aromatic carbocycles. The minimum absolute atomic E-state index is 0. The van der Waals surface area contributed by atoms with Crippen LogP contribution >= 0.6 is 39.7 Å². The molecule has 22 heavy (non-hydrogen) atoms. The summed E-state index contributed by atoms with van der Waals surface area (Å²) in [5.41, 5.74) is 6.97. The van der Waals surface area contributed by atoms with E-state index in [-0.39, 0.29) is 18.3 Å². The highest BCUT2D eigenvalue weighted by Gasteiger charge is 2.07. The number of ether oxygens (including phenoxy) is 1. The summed E-state index contributed by atoms with van der Waals surface area (Å²) < 4.78 is 6.24. The Balaban J connectivity index is 0.00000242. The number of amides is 1. The Morgan fingerprint density at radius 1 is 1.36 bits per heavy atom. The molecule has 0 aliphatic heterocycles. The maximum Gasteiger partial charge on any atom is 0.224 e. The predicted octanol–water partition coefficient (Wildman–Crippen LogP) is 4.48. The van der Waals surface area contributed by atoms with Crippen LogP contribution < -0.4 is 15.8 Å². The molecule has 0 saturated carbocycles. The number of carbonyl (C=O) groups excluding carboxylic acids is 1. The predicted molar refractivity (Wildman–Crippen MR) is 98.2 cm³/mol. The van der Waals surface area contributed by atoms with Gasteiger partial charge >= 0.3 is 0 Å². The monoisotopic (exact) mass is 404 g/mol. The van der Waals surface area contributed by atoms with Crippen LogP contribution in [0.25, 0.3) is 0 Å². The Bertz CT molecular complexity index is 634. The number of nitrogen functional groups attached to an aromatic ring is 1. The number of aryl methyl sites for hydroxylation is 1. The van der Waals surface area contributed by atoms with E-state index in [9.17, 15) is 4.79 Å². The van der Waals surface area contributed by atoms with Gasteiger partial charge in [-0.1, -0.05) is 0 Å². The summed E-state index contributed by atoms with van der Waals surface area (Å²) in [5.74, 6) is 0.633. The van der Waals surface area contributed by atoms with E-state index in [4.69, 9.17) is 10.5 Å². The van der Waals surface area contributed by atoms with Crippen LogP contribution in [-0.4, -0.2) is 13.0 Å². The van der Waals surface area contributed by atoms with Crippen molar-refractivity contribution in [2.24, 2.45) is 0 Å². The van der Waals surface area contributed by atoms with Crippen molar-refractivity contribution in [3.05, 3.63) is 39.0 Å². The van der Waals surface area contributed by atoms with Gasteiger partial charge in [-0.25, -0.2) is 0 Å². The van der Waals surface area contributed by atoms with Crippen LogP contribution in [0, 0.1) is 0 Å². The fraction of sp³-hybridized carbons (Fsp3) is 0.267. The minimum atomic E-state index is -0.0365. The zero-order valence-electron chi connectivity index (χ0n) is 12.1. The molecular weight excluding hydrogens is 388 g/mol. The van der Waals surface area contributed by atoms with Gasteiger partial charge in [0.15, 0.2) is 0 Å². The highest BCUT2D eigenvalue weighted by molar-refractivity contribution is 9.11. The SMILES string of the molecule is COc1ccc(N)c(NC(=O)CCCc2ccc(Br)s2)c1.Cl. The Hall–Kier alpha value is -1.24. The second kappa shape index (κ2) is 9.02. The zero-order valence-corrected chi connectivity index (χ0v) is 15.3. The molecule has 1 heterocycles. The summed E-state index contributed by atoms with van der Waals surface area (Å²) in [6.45, 7) is 0. The van der Waals surface area contributed by atoms with Gasteiger partial charge in [0, 0.05) is 17.4 Å². The van der Waals surface area contributed by atoms with E-state index in [1.807, 2.05) is 6.07 Å². The van der Waals surface area contributed by atoms with E-state index < -0.39 is 0 Å². The summed E-state index contributed by atoms with van der Waals surface area (Å²) in [5, 5.41) is 2.83. The summed E-state index contributed by atoms with van der Waals surface area (Å²) in [7, 11) is 1.58. The smallest absolute Gasteiger partial charge is 0.224 e. The van der Waals surface area contributed by atoms with Gasteiger partial charge < -0.3 is 15.8 Å². The summed E-state index contributed by atoms with van der Waals surface area (Å²) in [6.07, 6.45) is 2.17. The van der Waals surface area contributed by atoms with E-state index >= 15 is 0 Å². The molecule has 0 aliphatic rings. The largest absolute Gasteiger partial charge is 0.497 e. The van der Waals surface area contributed by atoms with Crippen LogP contribution in [0.4, 0.5) is 11.4 Å². The van der Waals surface area contributed by atoms with Gasteiger partial charge in [-0.2, -0.15) is 0 Å². The third-order valence-corrected chi connectivity index (χ3v) is 4.67. The number of rotatable bonds is 6. The van der Waals surface area contributed by atoms with Gasteiger partial charge in [0.1, 0.15) is 5.75 Å². The standard InChI is InChI=1S/C15H17BrN2O2S.ClH/c1-20-10-5-7-12(17)13(9-10)18-15(19)4-2-3-11-6-8-14(16)21-11;/h5-9H,2-4,17H2,1H3,(H,18,19);1H. The lowest BCUT2D eigenvalue weighted by Crippen LogP contribution is -2.12. The van der Waals surface area contributed by atoms with Crippen LogP contribution in [0.2, 0.25) is 0 Å². The third kappa shape index (κ3) is 5.51. The van der Waals surface area contributed by atoms with Crippen LogP contribution in [-0.2, 0) is 11.2 Å². The number of methoxy groups -OCH3 is 1. The number of hydrogen-bond acceptors (Lipinski definition) is 4. The van der Waals surface area contributed by atoms with Crippen molar-refractivity contribution in [2.45, 2.75) is 19.3 Å². The van der Waals surface area contributed by atoms with Crippen molar-refractivity contribution in [2.75, 3.05) is 18.2 Å². The first-order valence-corrected chi connectivity index (χ1v) is 8.17. The first kappa shape index (κ1) is 18.8. The molecule has 0 aliphatic carbocycles. The lowest BCUT2D eigenvalue weighted by molar-refractivity contribution is -0.116. The van der Waals surface area contributed by atoms with Crippen LogP contribution in [0.5, 0.6) is 5.75 Å². The molecule has 2 rings (SSSR count). The number of carbonyl (C=O) groups is 1. The van der Waals surface area contributed by atoms with Crippen LogP contribution in [0.15, 0.2) is 34.1 Å². The van der Waals surface area contributed by atoms with E-state index in [0.717, 1.165) is 16.6 Å². The summed E-state index contributed by atoms with van der Waals surface area (Å²) in [4.78, 5) is 13.2. The number of nitrogens with one attached hydrogen (secondary N) is 1. The van der Waals surface area contributed by atoms with Crippen molar-refractivity contribution in [1.82, 2.24) is 0 Å². The Morgan fingerprint density at radius 3 is 2.77 bits per heavy atom. The molecule has 3 N–H and O–H groups in total. The third-order valence-electron chi connectivity index (χ3n) is 2.99. The maximum atomic E-state index is 11.9. The summed E-state index contributed by atoms with van der Waals surface area (Å²) >= 11 is 5.13. The lowest BCUT2D eigenvalue weighted by atomic mass is 10.2. The number of thiophene rings is 1. The van der Waals surface area contributed by atoms with Crippen LogP contribution in [0.1, 0.15) is 17.7 Å². The first-order valence-electron chi connectivity index (χ1n) is 6.56. The van der Waals surface area contributed by atoms with Crippen molar-refractivity contribution < 1.29 is 9.53 Å². The van der Waals surface area contributed by atoms with Crippen molar-refractivity contribution in [3.8, 4) is 5.75 Å². The topological polar surface area (TPSA) is 64.3 Å². The van der Waals surface area contributed by atoms with E-state index in [2.05, 4.69) is 27.3 Å². The van der Waals surface area contributed by atoms with Gasteiger partial charge in [0.2, 0.25) is 5.91 Å². The lowest BCUT2D eigenvalue weighted by Gasteiger charge is -2.09. The molecule has 0 fully saturated rings. The Morgan fingerprint density at radius 2 is 2.14 bits per heavy atom. The molecule has 0 unspecified atom stereocenters. The van der Waals surface area contributed by atoms with Gasteiger partial charge in [0.05, 0.1) is 22.3 Å². The molecule has 4 nitrogen and oxygen atoms in total. The quantitative estimate of drug-likeness (QED) is 0.696. The normalized spacial score (nSPS) is 9.91. The fourth-order valence-electron chi connectivity index (χ4n) is 1.89. The molecule has 120 valence electrons. The minimum Gasteiger partial charge on any atom is -0.497 e. The fourth-order valence-corrected chi connectivity index (χ4v) is 3.42. The van der Waals surface area contributed by atoms with Gasteiger partial charge in [-0.05, 0) is 53.0 Å². The number of benzene rings is 1. The molecule has 0 spiro atoms. The summed E-state index contributed by atoms with van der Waals surface area (Å²) in [6, 6.07) is 9.31. The molecule has 1 aromatic heterocycles. The number of anilines is 2. The average Bonchev–Trinajstić information content (AvgIpc) is 2.87. The molecule has 7 heteroatoms. The zero-order chi connectivity index (χ0) is 15.2. The van der Waals surface area contributed by atoms with Crippen LogP contribution in [0.3, 0.4) is 0 Å². The maximum absolute atomic E-state index is 11.9. The Labute approximate surface area is 148 Å². The molecule has 0 bridgehead atoms. The van der Waals surface area contributed by atoms with E-state index in [1.165, 1.54) is 4.88 Å². The second-order valence-corrected chi connectivity index (χ2v) is 7.11. The average molecular weight is 406 g/mol. The molecule has 0 saturated heterocycles. The van der Waals surface area contributed by atoms with E-state index in [0.29, 0.717) is 23.5 Å². The van der Waals surface area contributed by atoms with Crippen molar-refractivity contribution >= 4 is 57.0 Å². The highest BCUT2D eigenvalue weighted by atomic mass is 79.9. The number of hydrogen-bond donors (Lipinski definition) is 2. The molecule has 1 amide bonds. The first-order chi connectivity index (χ1) is 10.1. The highest BCUT2D eigenvalue weighted by Crippen LogP contribution is 2.25. The second-order valence-electron chi connectivity index (χ2n) is 4.56.